The summed E-state index contributed by atoms with van der Waals surface area (Å²) in [7, 11) is -2.73. The zero-order valence-corrected chi connectivity index (χ0v) is 11.4. The first-order valence-electron chi connectivity index (χ1n) is 5.66. The lowest BCUT2D eigenvalue weighted by molar-refractivity contribution is 0.583. The maximum Gasteiger partial charge on any atom is 0.188 e. The second-order valence-electron chi connectivity index (χ2n) is 4.46. The third kappa shape index (κ3) is 2.06. The van der Waals surface area contributed by atoms with E-state index in [9.17, 15) is 4.21 Å². The normalized spacial score (nSPS) is 20.9. The standard InChI is InChI=1S/C12H14ClN3OS/c1-18(17,16-9-14)12(6-2-3-7-12)10-4-5-11(13)15-8-10/h4-5,8H,1-3,6-7H2,(H,16,17). The number of halogens is 1. The highest BCUT2D eigenvalue weighted by Crippen LogP contribution is 2.44. The molecule has 1 fully saturated rings. The van der Waals surface area contributed by atoms with Crippen LogP contribution in [0.4, 0.5) is 0 Å². The molecule has 0 aromatic carbocycles. The van der Waals surface area contributed by atoms with Crippen molar-refractivity contribution in [2.75, 3.05) is 0 Å². The van der Waals surface area contributed by atoms with Crippen molar-refractivity contribution in [1.29, 1.82) is 5.26 Å². The summed E-state index contributed by atoms with van der Waals surface area (Å²) in [6.07, 6.45) is 6.83. The maximum absolute atomic E-state index is 12.7. The minimum absolute atomic E-state index is 0.399. The Morgan fingerprint density at radius 3 is 2.67 bits per heavy atom. The van der Waals surface area contributed by atoms with Crippen LogP contribution >= 0.6 is 11.6 Å². The molecule has 6 heteroatoms. The lowest BCUT2D eigenvalue weighted by Gasteiger charge is -2.32. The Morgan fingerprint density at radius 2 is 2.17 bits per heavy atom. The molecule has 0 radical (unpaired) electrons. The molecule has 0 aliphatic heterocycles. The van der Waals surface area contributed by atoms with Gasteiger partial charge in [-0.15, -0.1) is 0 Å². The molecule has 2 rings (SSSR count). The van der Waals surface area contributed by atoms with Crippen molar-refractivity contribution in [2.24, 2.45) is 0 Å². The van der Waals surface area contributed by atoms with Gasteiger partial charge >= 0.3 is 0 Å². The molecule has 1 aliphatic rings. The van der Waals surface area contributed by atoms with Gasteiger partial charge in [0.2, 0.25) is 0 Å². The van der Waals surface area contributed by atoms with E-state index >= 15 is 0 Å². The van der Waals surface area contributed by atoms with Crippen LogP contribution in [0.1, 0.15) is 31.2 Å². The van der Waals surface area contributed by atoms with Gasteiger partial charge in [-0.25, -0.2) is 13.9 Å². The van der Waals surface area contributed by atoms with Gasteiger partial charge in [0.1, 0.15) is 5.15 Å². The van der Waals surface area contributed by atoms with Crippen molar-refractivity contribution in [3.05, 3.63) is 29.0 Å². The zero-order chi connectivity index (χ0) is 13.2. The van der Waals surface area contributed by atoms with Crippen LogP contribution in [0.3, 0.4) is 0 Å². The molecule has 1 aromatic heterocycles. The van der Waals surface area contributed by atoms with Crippen molar-refractivity contribution < 1.29 is 4.21 Å². The number of pyridine rings is 1. The van der Waals surface area contributed by atoms with E-state index in [0.29, 0.717) is 5.15 Å². The number of hydrogen-bond donors (Lipinski definition) is 1. The molecule has 1 saturated carbocycles. The third-order valence-electron chi connectivity index (χ3n) is 3.51. The monoisotopic (exact) mass is 283 g/mol. The minimum atomic E-state index is -2.73. The van der Waals surface area contributed by atoms with Crippen LogP contribution in [0.5, 0.6) is 0 Å². The summed E-state index contributed by atoms with van der Waals surface area (Å²) in [5.41, 5.74) is 0.840. The molecule has 0 amide bonds. The largest absolute Gasteiger partial charge is 0.249 e. The second-order valence-corrected chi connectivity index (χ2v) is 7.18. The Balaban J connectivity index is 2.52. The van der Waals surface area contributed by atoms with E-state index in [-0.39, 0.29) is 0 Å². The number of nitriles is 1. The Labute approximate surface area is 112 Å². The molecule has 18 heavy (non-hydrogen) atoms. The SMILES string of the molecule is C=S(=O)(NC#N)C1(c2ccc(Cl)nc2)CCCC1. The van der Waals surface area contributed by atoms with Crippen LogP contribution in [0.25, 0.3) is 0 Å². The quantitative estimate of drug-likeness (QED) is 0.400. The Kier molecular flexibility index (Phi) is 3.51. The van der Waals surface area contributed by atoms with Gasteiger partial charge in [-0.2, -0.15) is 5.26 Å². The number of hydrogen-bond acceptors (Lipinski definition) is 3. The number of nitrogens with one attached hydrogen (secondary N) is 1. The zero-order valence-electron chi connectivity index (χ0n) is 9.86. The van der Waals surface area contributed by atoms with E-state index in [0.717, 1.165) is 31.2 Å². The molecule has 1 aromatic rings. The van der Waals surface area contributed by atoms with Gasteiger partial charge in [0.05, 0.1) is 14.5 Å². The van der Waals surface area contributed by atoms with E-state index in [1.54, 1.807) is 18.5 Å². The van der Waals surface area contributed by atoms with Gasteiger partial charge < -0.3 is 0 Å². The van der Waals surface area contributed by atoms with Gasteiger partial charge in [-0.05, 0) is 30.3 Å². The fourth-order valence-electron chi connectivity index (χ4n) is 2.57. The van der Waals surface area contributed by atoms with Gasteiger partial charge in [-0.1, -0.05) is 30.5 Å². The van der Waals surface area contributed by atoms with Crippen molar-refractivity contribution in [3.8, 4) is 6.19 Å². The summed E-state index contributed by atoms with van der Waals surface area (Å²) in [6.45, 7) is 0. The molecule has 0 saturated heterocycles. The number of rotatable bonds is 3. The third-order valence-corrected chi connectivity index (χ3v) is 6.06. The van der Waals surface area contributed by atoms with Crippen molar-refractivity contribution in [3.63, 3.8) is 0 Å². The van der Waals surface area contributed by atoms with E-state index in [1.165, 1.54) is 0 Å². The lowest BCUT2D eigenvalue weighted by atomic mass is 9.98. The Bertz CT molecular complexity index is 568. The molecule has 4 nitrogen and oxygen atoms in total. The molecule has 0 spiro atoms. The molecular formula is C12H14ClN3OS. The smallest absolute Gasteiger partial charge is 0.188 e. The molecule has 96 valence electrons. The first-order valence-corrected chi connectivity index (χ1v) is 7.77. The van der Waals surface area contributed by atoms with Crippen LogP contribution in [0.15, 0.2) is 18.3 Å². The van der Waals surface area contributed by atoms with Crippen LogP contribution in [-0.4, -0.2) is 15.1 Å². The average molecular weight is 284 g/mol. The minimum Gasteiger partial charge on any atom is -0.249 e. The predicted molar refractivity (Wildman–Crippen MR) is 73.4 cm³/mol. The topological polar surface area (TPSA) is 65.8 Å². The van der Waals surface area contributed by atoms with Crippen LogP contribution < -0.4 is 4.72 Å². The number of aromatic nitrogens is 1. The first-order chi connectivity index (χ1) is 8.52. The fourth-order valence-corrected chi connectivity index (χ4v) is 4.48. The molecular weight excluding hydrogens is 270 g/mol. The summed E-state index contributed by atoms with van der Waals surface area (Å²) in [5, 5.41) is 9.15. The van der Waals surface area contributed by atoms with Gasteiger partial charge in [0.15, 0.2) is 6.19 Å². The summed E-state index contributed by atoms with van der Waals surface area (Å²) in [4.78, 5) is 4.04. The van der Waals surface area contributed by atoms with Crippen LogP contribution in [-0.2, 0) is 14.5 Å². The lowest BCUT2D eigenvalue weighted by Crippen LogP contribution is -2.40. The molecule has 1 unspecified atom stereocenters. The summed E-state index contributed by atoms with van der Waals surface area (Å²) < 4.78 is 14.5. The van der Waals surface area contributed by atoms with Crippen molar-refractivity contribution in [1.82, 2.24) is 9.71 Å². The van der Waals surface area contributed by atoms with Gasteiger partial charge in [0, 0.05) is 6.20 Å². The van der Waals surface area contributed by atoms with E-state index < -0.39 is 14.5 Å². The van der Waals surface area contributed by atoms with Crippen molar-refractivity contribution in [2.45, 2.75) is 30.4 Å². The summed E-state index contributed by atoms with van der Waals surface area (Å²) >= 11 is 5.77. The molecule has 1 N–H and O–H groups in total. The molecule has 1 atom stereocenters. The van der Waals surface area contributed by atoms with Crippen LogP contribution in [0.2, 0.25) is 5.15 Å². The van der Waals surface area contributed by atoms with E-state index in [2.05, 4.69) is 15.6 Å². The second kappa shape index (κ2) is 4.79. The van der Waals surface area contributed by atoms with Crippen LogP contribution in [0, 0.1) is 11.5 Å². The first kappa shape index (κ1) is 13.2. The average Bonchev–Trinajstić information content (AvgIpc) is 2.80. The Morgan fingerprint density at radius 1 is 1.50 bits per heavy atom. The summed E-state index contributed by atoms with van der Waals surface area (Å²) in [6, 6.07) is 3.50. The predicted octanol–water partition coefficient (Wildman–Crippen LogP) is 2.21. The fraction of sp³-hybridized carbons (Fsp3) is 0.417. The maximum atomic E-state index is 12.7. The van der Waals surface area contributed by atoms with E-state index in [4.69, 9.17) is 16.9 Å². The molecule has 1 heterocycles. The van der Waals surface area contributed by atoms with Crippen molar-refractivity contribution >= 4 is 27.2 Å². The van der Waals surface area contributed by atoms with Gasteiger partial charge in [0.25, 0.3) is 0 Å². The van der Waals surface area contributed by atoms with E-state index in [1.807, 2.05) is 6.07 Å². The molecule has 0 bridgehead atoms. The van der Waals surface area contributed by atoms with Gasteiger partial charge in [-0.3, -0.25) is 0 Å². The highest BCUT2D eigenvalue weighted by Gasteiger charge is 2.43. The highest BCUT2D eigenvalue weighted by molar-refractivity contribution is 7.99. The summed E-state index contributed by atoms with van der Waals surface area (Å²) in [5.74, 6) is 3.75. The molecule has 1 aliphatic carbocycles. The number of nitrogens with zero attached hydrogens (tertiary/aromatic N) is 2. The Hall–Kier alpha value is -1.25. The highest BCUT2D eigenvalue weighted by atomic mass is 35.5.